The van der Waals surface area contributed by atoms with E-state index in [1.54, 1.807) is 12.2 Å². The van der Waals surface area contributed by atoms with Gasteiger partial charge in [-0.3, -0.25) is 0 Å². The van der Waals surface area contributed by atoms with Crippen molar-refractivity contribution >= 4 is 28.1 Å². The lowest BCUT2D eigenvalue weighted by atomic mass is 9.93. The summed E-state index contributed by atoms with van der Waals surface area (Å²) >= 11 is 6.03. The van der Waals surface area contributed by atoms with Crippen molar-refractivity contribution in [2.45, 2.75) is 13.0 Å². The fourth-order valence-electron chi connectivity index (χ4n) is 2.72. The number of H-pyrrole nitrogens is 1. The first kappa shape index (κ1) is 18.6. The third-order valence-corrected chi connectivity index (χ3v) is 4.29. The van der Waals surface area contributed by atoms with Crippen LogP contribution >= 0.6 is 11.6 Å². The van der Waals surface area contributed by atoms with Crippen LogP contribution in [-0.4, -0.2) is 11.0 Å². The molecule has 0 saturated carbocycles. The number of aromatic amines is 1. The summed E-state index contributed by atoms with van der Waals surface area (Å²) in [6.07, 6.45) is 9.12. The fourth-order valence-corrected chi connectivity index (χ4v) is 2.85. The number of para-hydroxylation sites is 1. The smallest absolute Gasteiger partial charge is 0.0764 e. The minimum absolute atomic E-state index is 0.167. The summed E-state index contributed by atoms with van der Waals surface area (Å²) in [6, 6.07) is 7.98. The van der Waals surface area contributed by atoms with Crippen LogP contribution in [0.2, 0.25) is 0 Å². The zero-order valence-electron chi connectivity index (χ0n) is 14.5. The van der Waals surface area contributed by atoms with Gasteiger partial charge in [-0.1, -0.05) is 74.3 Å². The molecule has 0 aliphatic carbocycles. The van der Waals surface area contributed by atoms with E-state index >= 15 is 0 Å². The number of nitrogens with one attached hydrogen (secondary N) is 2. The number of aromatic nitrogens is 1. The highest BCUT2D eigenvalue weighted by atomic mass is 35.5. The van der Waals surface area contributed by atoms with Gasteiger partial charge in [0.05, 0.1) is 6.04 Å². The van der Waals surface area contributed by atoms with Crippen LogP contribution in [0.4, 0.5) is 0 Å². The van der Waals surface area contributed by atoms with Crippen LogP contribution in [-0.2, 0) is 0 Å². The molecule has 0 spiro atoms. The van der Waals surface area contributed by atoms with Crippen molar-refractivity contribution < 1.29 is 0 Å². The van der Waals surface area contributed by atoms with Gasteiger partial charge >= 0.3 is 0 Å². The van der Waals surface area contributed by atoms with E-state index < -0.39 is 0 Å². The first-order chi connectivity index (χ1) is 12.0. The molecule has 0 aliphatic heterocycles. The Morgan fingerprint density at radius 3 is 2.56 bits per heavy atom. The second-order valence-electron chi connectivity index (χ2n) is 5.60. The highest BCUT2D eigenvalue weighted by molar-refractivity contribution is 6.31. The largest absolute Gasteiger partial charge is 0.375 e. The Morgan fingerprint density at radius 2 is 1.92 bits per heavy atom. The summed E-state index contributed by atoms with van der Waals surface area (Å²) in [7, 11) is 0. The van der Waals surface area contributed by atoms with Crippen molar-refractivity contribution in [1.29, 1.82) is 0 Å². The molecule has 0 fully saturated rings. The van der Waals surface area contributed by atoms with Crippen LogP contribution in [0.25, 0.3) is 16.5 Å². The lowest BCUT2D eigenvalue weighted by Crippen LogP contribution is -2.30. The molecular weight excluding hydrogens is 328 g/mol. The average Bonchev–Trinajstić information content (AvgIpc) is 3.05. The number of hydrogen-bond donors (Lipinski definition) is 2. The highest BCUT2D eigenvalue weighted by Gasteiger charge is 2.19. The molecule has 0 bridgehead atoms. The van der Waals surface area contributed by atoms with Crippen molar-refractivity contribution in [3.63, 3.8) is 0 Å². The molecule has 3 heteroatoms. The van der Waals surface area contributed by atoms with Gasteiger partial charge in [0, 0.05) is 33.4 Å². The van der Waals surface area contributed by atoms with E-state index in [0.29, 0.717) is 10.7 Å². The molecule has 128 valence electrons. The van der Waals surface area contributed by atoms with Crippen molar-refractivity contribution in [3.05, 3.63) is 103 Å². The average molecular weight is 351 g/mol. The van der Waals surface area contributed by atoms with Gasteiger partial charge in [-0.2, -0.15) is 0 Å². The number of fused-ring (bicyclic) bond motifs is 1. The summed E-state index contributed by atoms with van der Waals surface area (Å²) in [6.45, 7) is 17.9. The van der Waals surface area contributed by atoms with Crippen molar-refractivity contribution in [2.75, 3.05) is 0 Å². The number of allylic oxidation sites excluding steroid dienone is 4. The first-order valence-electron chi connectivity index (χ1n) is 8.00. The molecule has 2 N–H and O–H groups in total. The molecule has 1 atom stereocenters. The molecule has 2 nitrogen and oxygen atoms in total. The van der Waals surface area contributed by atoms with Gasteiger partial charge in [-0.15, -0.1) is 0 Å². The van der Waals surface area contributed by atoms with Gasteiger partial charge in [0.15, 0.2) is 0 Å². The van der Waals surface area contributed by atoms with E-state index in [-0.39, 0.29) is 6.04 Å². The van der Waals surface area contributed by atoms with Crippen LogP contribution in [0.15, 0.2) is 97.4 Å². The van der Waals surface area contributed by atoms with Crippen LogP contribution in [0.3, 0.4) is 0 Å². The second kappa shape index (κ2) is 8.41. The van der Waals surface area contributed by atoms with E-state index in [1.807, 2.05) is 43.5 Å². The minimum atomic E-state index is -0.167. The molecule has 2 rings (SSSR count). The molecule has 0 saturated heterocycles. The van der Waals surface area contributed by atoms with Crippen molar-refractivity contribution in [3.8, 4) is 0 Å². The Bertz CT molecular complexity index is 880. The van der Waals surface area contributed by atoms with E-state index in [2.05, 4.69) is 42.7 Å². The third kappa shape index (κ3) is 4.23. The molecule has 25 heavy (non-hydrogen) atoms. The summed E-state index contributed by atoms with van der Waals surface area (Å²) in [4.78, 5) is 3.29. The molecule has 0 aliphatic rings. The lowest BCUT2D eigenvalue weighted by Gasteiger charge is -2.24. The van der Waals surface area contributed by atoms with E-state index in [0.717, 1.165) is 27.6 Å². The maximum atomic E-state index is 6.03. The van der Waals surface area contributed by atoms with Gasteiger partial charge in [0.25, 0.3) is 0 Å². The van der Waals surface area contributed by atoms with Gasteiger partial charge in [-0.05, 0) is 30.2 Å². The topological polar surface area (TPSA) is 27.8 Å². The maximum Gasteiger partial charge on any atom is 0.0764 e. The normalized spacial score (nSPS) is 13.4. The third-order valence-electron chi connectivity index (χ3n) is 4.02. The highest BCUT2D eigenvalue weighted by Crippen LogP contribution is 2.29. The van der Waals surface area contributed by atoms with Gasteiger partial charge in [0.1, 0.15) is 0 Å². The van der Waals surface area contributed by atoms with Gasteiger partial charge < -0.3 is 10.3 Å². The van der Waals surface area contributed by atoms with Crippen LogP contribution in [0.5, 0.6) is 0 Å². The SMILES string of the molecule is C=C/C(Cl)=C\C(=C)NC(C(=C)c1c[nH]c2ccccc12)/C(C=C)=C/C. The van der Waals surface area contributed by atoms with Crippen LogP contribution in [0, 0.1) is 0 Å². The summed E-state index contributed by atoms with van der Waals surface area (Å²) in [5, 5.41) is 5.03. The number of rotatable bonds is 8. The zero-order valence-corrected chi connectivity index (χ0v) is 15.2. The summed E-state index contributed by atoms with van der Waals surface area (Å²) in [5.41, 5.74) is 4.75. The minimum Gasteiger partial charge on any atom is -0.375 e. The zero-order chi connectivity index (χ0) is 18.4. The quantitative estimate of drug-likeness (QED) is 0.553. The first-order valence-corrected chi connectivity index (χ1v) is 8.38. The van der Waals surface area contributed by atoms with Crippen molar-refractivity contribution in [2.24, 2.45) is 0 Å². The lowest BCUT2D eigenvalue weighted by molar-refractivity contribution is 0.799. The van der Waals surface area contributed by atoms with Gasteiger partial charge in [-0.25, -0.2) is 0 Å². The molecule has 1 aromatic heterocycles. The molecule has 1 heterocycles. The molecule has 0 amide bonds. The molecular formula is C22H23ClN2. The maximum absolute atomic E-state index is 6.03. The van der Waals surface area contributed by atoms with E-state index in [1.165, 1.54) is 0 Å². The Balaban J connectivity index is 2.41. The Morgan fingerprint density at radius 1 is 1.20 bits per heavy atom. The summed E-state index contributed by atoms with van der Waals surface area (Å²) < 4.78 is 0. The van der Waals surface area contributed by atoms with Gasteiger partial charge in [0.2, 0.25) is 0 Å². The predicted molar refractivity (Wildman–Crippen MR) is 111 cm³/mol. The Hall–Kier alpha value is -2.71. The fraction of sp³-hybridized carbons (Fsp3) is 0.0909. The standard InChI is InChI=1S/C22H23ClN2/c1-6-17(7-2)22(25-15(4)13-18(23)8-3)16(5)20-14-24-21-12-10-9-11-19(20)21/h6-14,22,24-25H,1,3-5H2,2H3/b17-7+,18-13+. The van der Waals surface area contributed by atoms with Crippen LogP contribution < -0.4 is 5.32 Å². The van der Waals surface area contributed by atoms with Crippen LogP contribution in [0.1, 0.15) is 12.5 Å². The Labute approximate surface area is 154 Å². The summed E-state index contributed by atoms with van der Waals surface area (Å²) in [5.74, 6) is 0. The molecule has 2 aromatic rings. The second-order valence-corrected chi connectivity index (χ2v) is 6.04. The molecule has 1 aromatic carbocycles. The van der Waals surface area contributed by atoms with E-state index in [9.17, 15) is 0 Å². The predicted octanol–water partition coefficient (Wildman–Crippen LogP) is 6.09. The molecule has 1 unspecified atom stereocenters. The number of halogens is 1. The van der Waals surface area contributed by atoms with Crippen molar-refractivity contribution in [1.82, 2.24) is 10.3 Å². The number of benzene rings is 1. The number of hydrogen-bond acceptors (Lipinski definition) is 1. The monoisotopic (exact) mass is 350 g/mol. The Kier molecular flexibility index (Phi) is 6.26. The van der Waals surface area contributed by atoms with E-state index in [4.69, 9.17) is 11.6 Å². The molecule has 0 radical (unpaired) electrons.